The summed E-state index contributed by atoms with van der Waals surface area (Å²) < 4.78 is 27.5. The Morgan fingerprint density at radius 2 is 1.85 bits per heavy atom. The number of aromatic nitrogens is 1. The van der Waals surface area contributed by atoms with Gasteiger partial charge in [0.15, 0.2) is 0 Å². The quantitative estimate of drug-likeness (QED) is 0.192. The maximum atomic E-state index is 15.5. The topological polar surface area (TPSA) is 132 Å². The second-order valence-corrected chi connectivity index (χ2v) is 14.9. The number of imide groups is 1. The highest BCUT2D eigenvalue weighted by atomic mass is 19.1. The van der Waals surface area contributed by atoms with Crippen molar-refractivity contribution in [1.29, 1.82) is 5.26 Å². The van der Waals surface area contributed by atoms with Gasteiger partial charge in [0.1, 0.15) is 17.6 Å². The number of nitrogens with one attached hydrogen (secondary N) is 1. The summed E-state index contributed by atoms with van der Waals surface area (Å²) in [4.78, 5) is 43.0. The number of halogens is 1. The third-order valence-electron chi connectivity index (χ3n) is 11.2. The minimum Gasteiger partial charge on any atom is -0.370 e. The molecule has 0 radical (unpaired) electrons. The molecule has 1 aliphatic carbocycles. The van der Waals surface area contributed by atoms with Crippen LogP contribution in [0, 0.1) is 37.9 Å². The lowest BCUT2D eigenvalue weighted by molar-refractivity contribution is -0.136. The van der Waals surface area contributed by atoms with Crippen LogP contribution in [0.15, 0.2) is 59.1 Å². The Labute approximate surface area is 307 Å². The number of ether oxygens (including phenoxy) is 1. The number of hydrogen-bond donors (Lipinski definition) is 1. The number of piperidine rings is 1. The van der Waals surface area contributed by atoms with E-state index in [-0.39, 0.29) is 48.8 Å². The average Bonchev–Trinajstić information content (AvgIpc) is 3.77. The molecule has 12 heteroatoms. The molecule has 3 amide bonds. The van der Waals surface area contributed by atoms with Gasteiger partial charge in [-0.25, -0.2) is 4.39 Å². The molecule has 272 valence electrons. The molecule has 53 heavy (non-hydrogen) atoms. The van der Waals surface area contributed by atoms with Crippen LogP contribution in [0.5, 0.6) is 0 Å². The summed E-state index contributed by atoms with van der Waals surface area (Å²) >= 11 is 0. The number of anilines is 3. The van der Waals surface area contributed by atoms with Crippen LogP contribution in [0.2, 0.25) is 0 Å². The van der Waals surface area contributed by atoms with Crippen molar-refractivity contribution < 1.29 is 28.0 Å². The Morgan fingerprint density at radius 1 is 1.09 bits per heavy atom. The largest absolute Gasteiger partial charge is 0.370 e. The number of fused-ring (bicyclic) bond motifs is 1. The predicted octanol–water partition coefficient (Wildman–Crippen LogP) is 6.15. The highest BCUT2D eigenvalue weighted by Gasteiger charge is 2.45. The number of aryl methyl sites for hydroxylation is 3. The van der Waals surface area contributed by atoms with Crippen LogP contribution in [0.3, 0.4) is 0 Å². The van der Waals surface area contributed by atoms with Gasteiger partial charge in [-0.1, -0.05) is 29.4 Å². The Morgan fingerprint density at radius 3 is 2.51 bits per heavy atom. The number of carbonyl (C=O) groups excluding carboxylic acids is 3. The normalized spacial score (nSPS) is 19.8. The Kier molecular flexibility index (Phi) is 8.57. The fraction of sp³-hybridized carbons (Fsp3) is 0.390. The van der Waals surface area contributed by atoms with E-state index >= 15 is 4.39 Å². The molecule has 2 atom stereocenters. The summed E-state index contributed by atoms with van der Waals surface area (Å²) in [6, 6.07) is 19.3. The van der Waals surface area contributed by atoms with Crippen molar-refractivity contribution in [2.24, 2.45) is 0 Å². The number of amides is 3. The molecule has 3 aromatic carbocycles. The smallest absolute Gasteiger partial charge is 0.255 e. The lowest BCUT2D eigenvalue weighted by atomic mass is 9.97. The van der Waals surface area contributed by atoms with E-state index in [2.05, 4.69) is 70.8 Å². The molecule has 3 aliphatic heterocycles. The van der Waals surface area contributed by atoms with Crippen LogP contribution in [0.25, 0.3) is 11.1 Å². The first-order chi connectivity index (χ1) is 25.4. The van der Waals surface area contributed by atoms with Gasteiger partial charge in [-0.15, -0.1) is 0 Å². The molecular formula is C41H41FN6O5. The number of hydrogen-bond acceptors (Lipinski definition) is 9. The summed E-state index contributed by atoms with van der Waals surface area (Å²) in [6.07, 6.45) is 1.79. The van der Waals surface area contributed by atoms with E-state index in [1.807, 2.05) is 25.7 Å². The molecule has 0 spiro atoms. The zero-order chi connectivity index (χ0) is 37.2. The minimum atomic E-state index is -0.755. The van der Waals surface area contributed by atoms with Gasteiger partial charge in [-0.3, -0.25) is 19.7 Å². The van der Waals surface area contributed by atoms with E-state index in [0.29, 0.717) is 36.4 Å². The summed E-state index contributed by atoms with van der Waals surface area (Å²) in [5, 5.41) is 16.3. The third-order valence-corrected chi connectivity index (χ3v) is 11.2. The second kappa shape index (κ2) is 13.1. The number of rotatable bonds is 10. The SMILES string of the molecule is Cc1ccc(-c2c(C)noc2C)cc1N(CC(C)OC1CN(c2cc3c(cc2F)CN(C2CCC(=O)NC2=O)C3=O)C1)c1ccc(C2(C#N)CC2)cc1. The van der Waals surface area contributed by atoms with Crippen LogP contribution in [-0.2, 0) is 26.3 Å². The van der Waals surface area contributed by atoms with Crippen molar-refractivity contribution in [2.45, 2.75) is 83.6 Å². The number of nitriles is 1. The fourth-order valence-electron chi connectivity index (χ4n) is 8.01. The molecule has 4 aliphatic rings. The minimum absolute atomic E-state index is 0.125. The Hall–Kier alpha value is -5.54. The van der Waals surface area contributed by atoms with Crippen molar-refractivity contribution in [2.75, 3.05) is 29.4 Å². The fourth-order valence-corrected chi connectivity index (χ4v) is 8.01. The molecule has 3 fully saturated rings. The van der Waals surface area contributed by atoms with Gasteiger partial charge >= 0.3 is 0 Å². The molecule has 2 saturated heterocycles. The van der Waals surface area contributed by atoms with Crippen LogP contribution >= 0.6 is 0 Å². The first-order valence-electron chi connectivity index (χ1n) is 18.2. The average molecular weight is 717 g/mol. The van der Waals surface area contributed by atoms with Crippen molar-refractivity contribution in [3.05, 3.63) is 94.1 Å². The van der Waals surface area contributed by atoms with Crippen molar-refractivity contribution in [1.82, 2.24) is 15.4 Å². The molecule has 2 unspecified atom stereocenters. The predicted molar refractivity (Wildman–Crippen MR) is 195 cm³/mol. The molecule has 4 heterocycles. The molecule has 1 saturated carbocycles. The van der Waals surface area contributed by atoms with E-state index in [0.717, 1.165) is 57.9 Å². The molecule has 1 aromatic heterocycles. The van der Waals surface area contributed by atoms with Gasteiger partial charge in [0, 0.05) is 55.1 Å². The van der Waals surface area contributed by atoms with Crippen LogP contribution in [0.1, 0.15) is 71.1 Å². The monoisotopic (exact) mass is 716 g/mol. The summed E-state index contributed by atoms with van der Waals surface area (Å²) in [5.74, 6) is -0.860. The molecule has 1 N–H and O–H groups in total. The Bertz CT molecular complexity index is 2160. The first kappa shape index (κ1) is 34.5. The first-order valence-corrected chi connectivity index (χ1v) is 18.2. The Balaban J connectivity index is 0.982. The van der Waals surface area contributed by atoms with Gasteiger partial charge in [0.05, 0.1) is 35.1 Å². The standard InChI is InChI=1S/C41H41FN6O5/c1-23-5-6-27(38-25(3)45-53-26(38)4)16-35(23)47(30-9-7-29(8-10-30)41(22-43)13-14-41)18-24(2)52-31-20-46(21-31)36-17-32-28(15-33(36)42)19-48(40(32)51)34-11-12-37(49)44-39(34)50/h5-10,15-17,24,31,34H,11-14,18-21H2,1-4H3,(H,44,49,50). The van der Waals surface area contributed by atoms with Gasteiger partial charge < -0.3 is 24.0 Å². The van der Waals surface area contributed by atoms with Gasteiger partial charge in [0.25, 0.3) is 5.91 Å². The summed E-state index contributed by atoms with van der Waals surface area (Å²) in [5.41, 5.74) is 7.75. The molecule has 11 nitrogen and oxygen atoms in total. The van der Waals surface area contributed by atoms with Gasteiger partial charge in [-0.2, -0.15) is 5.26 Å². The lowest BCUT2D eigenvalue weighted by Gasteiger charge is -2.42. The zero-order valence-electron chi connectivity index (χ0n) is 30.2. The van der Waals surface area contributed by atoms with E-state index in [1.165, 1.54) is 11.0 Å². The van der Waals surface area contributed by atoms with Crippen molar-refractivity contribution >= 4 is 34.8 Å². The molecule has 0 bridgehead atoms. The van der Waals surface area contributed by atoms with Crippen molar-refractivity contribution in [3.63, 3.8) is 0 Å². The highest BCUT2D eigenvalue weighted by Crippen LogP contribution is 2.48. The maximum Gasteiger partial charge on any atom is 0.255 e. The van der Waals surface area contributed by atoms with Crippen LogP contribution in [0.4, 0.5) is 21.5 Å². The molecule has 8 rings (SSSR count). The van der Waals surface area contributed by atoms with E-state index in [1.54, 1.807) is 6.07 Å². The zero-order valence-corrected chi connectivity index (χ0v) is 30.2. The van der Waals surface area contributed by atoms with Crippen LogP contribution < -0.4 is 15.1 Å². The van der Waals surface area contributed by atoms with E-state index in [9.17, 15) is 19.6 Å². The van der Waals surface area contributed by atoms with E-state index < -0.39 is 17.8 Å². The maximum absolute atomic E-state index is 15.5. The summed E-state index contributed by atoms with van der Waals surface area (Å²) in [6.45, 7) is 9.53. The molecule has 4 aromatic rings. The van der Waals surface area contributed by atoms with Crippen molar-refractivity contribution in [3.8, 4) is 17.2 Å². The molecular weight excluding hydrogens is 675 g/mol. The lowest BCUT2D eigenvalue weighted by Crippen LogP contribution is -2.54. The number of carbonyl (C=O) groups is 3. The van der Waals surface area contributed by atoms with E-state index in [4.69, 9.17) is 9.26 Å². The summed E-state index contributed by atoms with van der Waals surface area (Å²) in [7, 11) is 0. The van der Waals surface area contributed by atoms with Gasteiger partial charge in [0.2, 0.25) is 11.8 Å². The number of benzene rings is 3. The second-order valence-electron chi connectivity index (χ2n) is 14.9. The number of nitrogens with zero attached hydrogens (tertiary/aromatic N) is 5. The highest BCUT2D eigenvalue weighted by molar-refractivity contribution is 6.05. The van der Waals surface area contributed by atoms with Gasteiger partial charge in [-0.05, 0) is 99.5 Å². The third kappa shape index (κ3) is 6.23. The van der Waals surface area contributed by atoms with Crippen LogP contribution in [-0.4, -0.2) is 65.7 Å².